The molecule has 0 radical (unpaired) electrons. The predicted octanol–water partition coefficient (Wildman–Crippen LogP) is 5.90. The molecule has 0 aliphatic heterocycles. The van der Waals surface area contributed by atoms with Crippen LogP contribution in [0.5, 0.6) is 0 Å². The SMILES string of the molecule is CC(C)(C)c1c[nH]c(=S)n1-c1c(Cl)cc(Br)cc1Cl. The second-order valence-corrected chi connectivity index (χ2v) is 7.40. The number of aromatic nitrogens is 2. The molecule has 0 saturated heterocycles. The molecular formula is C13H13BrCl2N2S. The zero-order chi connectivity index (χ0) is 14.4. The molecule has 102 valence electrons. The van der Waals surface area contributed by atoms with Gasteiger partial charge in [-0.25, -0.2) is 0 Å². The maximum absolute atomic E-state index is 6.32. The first kappa shape index (κ1) is 15.1. The van der Waals surface area contributed by atoms with Crippen molar-refractivity contribution in [1.82, 2.24) is 9.55 Å². The van der Waals surface area contributed by atoms with Crippen molar-refractivity contribution in [2.24, 2.45) is 0 Å². The molecule has 19 heavy (non-hydrogen) atoms. The summed E-state index contributed by atoms with van der Waals surface area (Å²) in [7, 11) is 0. The van der Waals surface area contributed by atoms with Crippen molar-refractivity contribution in [2.75, 3.05) is 0 Å². The fourth-order valence-electron chi connectivity index (χ4n) is 1.89. The third-order valence-corrected chi connectivity index (χ3v) is 4.08. The van der Waals surface area contributed by atoms with E-state index in [1.807, 2.05) is 22.9 Å². The van der Waals surface area contributed by atoms with Crippen LogP contribution < -0.4 is 0 Å². The summed E-state index contributed by atoms with van der Waals surface area (Å²) < 4.78 is 3.31. The smallest absolute Gasteiger partial charge is 0.182 e. The van der Waals surface area contributed by atoms with Crippen LogP contribution in [0.15, 0.2) is 22.8 Å². The number of rotatable bonds is 1. The summed E-state index contributed by atoms with van der Waals surface area (Å²) in [6.45, 7) is 6.34. The van der Waals surface area contributed by atoms with E-state index < -0.39 is 0 Å². The Hall–Kier alpha value is -0.290. The molecule has 1 aromatic carbocycles. The van der Waals surface area contributed by atoms with E-state index in [0.29, 0.717) is 20.5 Å². The lowest BCUT2D eigenvalue weighted by atomic mass is 9.92. The Labute approximate surface area is 135 Å². The summed E-state index contributed by atoms with van der Waals surface area (Å²) in [4.78, 5) is 3.06. The van der Waals surface area contributed by atoms with Gasteiger partial charge >= 0.3 is 0 Å². The topological polar surface area (TPSA) is 20.7 Å². The van der Waals surface area contributed by atoms with Crippen molar-refractivity contribution in [1.29, 1.82) is 0 Å². The van der Waals surface area contributed by atoms with Crippen molar-refractivity contribution in [3.05, 3.63) is 43.3 Å². The molecule has 0 unspecified atom stereocenters. The highest BCUT2D eigenvalue weighted by Gasteiger charge is 2.22. The number of benzene rings is 1. The Morgan fingerprint density at radius 3 is 2.21 bits per heavy atom. The van der Waals surface area contributed by atoms with Crippen LogP contribution in [0.2, 0.25) is 10.0 Å². The summed E-state index contributed by atoms with van der Waals surface area (Å²) in [5.74, 6) is 0. The van der Waals surface area contributed by atoms with Crippen LogP contribution in [0.1, 0.15) is 26.5 Å². The first-order valence-electron chi connectivity index (χ1n) is 5.67. The van der Waals surface area contributed by atoms with Gasteiger partial charge in [0.1, 0.15) is 0 Å². The van der Waals surface area contributed by atoms with Crippen LogP contribution in [0.4, 0.5) is 0 Å². The molecule has 0 fully saturated rings. The third-order valence-electron chi connectivity index (χ3n) is 2.75. The molecule has 0 aliphatic rings. The van der Waals surface area contributed by atoms with Crippen LogP contribution in [-0.2, 0) is 5.41 Å². The van der Waals surface area contributed by atoms with E-state index in [0.717, 1.165) is 10.2 Å². The maximum atomic E-state index is 6.32. The molecule has 0 atom stereocenters. The molecule has 0 spiro atoms. The molecule has 0 saturated carbocycles. The first-order chi connectivity index (χ1) is 8.71. The largest absolute Gasteiger partial charge is 0.337 e. The molecule has 6 heteroatoms. The Morgan fingerprint density at radius 1 is 1.21 bits per heavy atom. The van der Waals surface area contributed by atoms with Crippen LogP contribution >= 0.6 is 51.3 Å². The summed E-state index contributed by atoms with van der Waals surface area (Å²) in [5.41, 5.74) is 1.67. The lowest BCUT2D eigenvalue weighted by Crippen LogP contribution is -2.17. The first-order valence-corrected chi connectivity index (χ1v) is 7.63. The average Bonchev–Trinajstić information content (AvgIpc) is 2.59. The number of hydrogen-bond acceptors (Lipinski definition) is 1. The molecule has 0 amide bonds. The standard InChI is InChI=1S/C13H13BrCl2N2S/c1-13(2,3)10-6-17-12(19)18(10)11-8(15)4-7(14)5-9(11)16/h4-6H,1-3H3,(H,17,19). The minimum atomic E-state index is -0.0761. The summed E-state index contributed by atoms with van der Waals surface area (Å²) >= 11 is 21.4. The zero-order valence-electron chi connectivity index (χ0n) is 10.7. The lowest BCUT2D eigenvalue weighted by Gasteiger charge is -2.22. The quantitative estimate of drug-likeness (QED) is 0.611. The second-order valence-electron chi connectivity index (χ2n) is 5.28. The molecular weight excluding hydrogens is 367 g/mol. The van der Waals surface area contributed by atoms with Gasteiger partial charge in [0.05, 0.1) is 15.7 Å². The van der Waals surface area contributed by atoms with E-state index in [1.54, 1.807) is 0 Å². The Bertz CT molecular complexity index is 660. The van der Waals surface area contributed by atoms with E-state index >= 15 is 0 Å². The molecule has 1 heterocycles. The minimum absolute atomic E-state index is 0.0761. The lowest BCUT2D eigenvalue weighted by molar-refractivity contribution is 0.556. The van der Waals surface area contributed by atoms with Gasteiger partial charge in [0.2, 0.25) is 0 Å². The number of hydrogen-bond donors (Lipinski definition) is 1. The molecule has 1 aromatic heterocycles. The van der Waals surface area contributed by atoms with Crippen LogP contribution in [0.25, 0.3) is 5.69 Å². The van der Waals surface area contributed by atoms with E-state index in [2.05, 4.69) is 41.7 Å². The number of nitrogens with zero attached hydrogens (tertiary/aromatic N) is 1. The van der Waals surface area contributed by atoms with Gasteiger partial charge < -0.3 is 4.98 Å². The number of H-pyrrole nitrogens is 1. The molecule has 0 bridgehead atoms. The zero-order valence-corrected chi connectivity index (χ0v) is 14.6. The Balaban J connectivity index is 2.81. The van der Waals surface area contributed by atoms with E-state index in [-0.39, 0.29) is 5.41 Å². The van der Waals surface area contributed by atoms with Gasteiger partial charge in [-0.15, -0.1) is 0 Å². The highest BCUT2D eigenvalue weighted by molar-refractivity contribution is 9.10. The van der Waals surface area contributed by atoms with Gasteiger partial charge in [-0.05, 0) is 24.4 Å². The summed E-state index contributed by atoms with van der Waals surface area (Å²) in [6.07, 6.45) is 1.90. The number of imidazole rings is 1. The van der Waals surface area contributed by atoms with Gasteiger partial charge in [0.25, 0.3) is 0 Å². The highest BCUT2D eigenvalue weighted by Crippen LogP contribution is 2.35. The summed E-state index contributed by atoms with van der Waals surface area (Å²) in [6, 6.07) is 3.62. The fraction of sp³-hybridized carbons (Fsp3) is 0.308. The second kappa shape index (κ2) is 5.24. The monoisotopic (exact) mass is 378 g/mol. The van der Waals surface area contributed by atoms with E-state index in [9.17, 15) is 0 Å². The van der Waals surface area contributed by atoms with Crippen LogP contribution in [-0.4, -0.2) is 9.55 Å². The normalized spacial score (nSPS) is 11.9. The Morgan fingerprint density at radius 2 is 1.74 bits per heavy atom. The maximum Gasteiger partial charge on any atom is 0.182 e. The van der Waals surface area contributed by atoms with Crippen LogP contribution in [0, 0.1) is 4.77 Å². The third kappa shape index (κ3) is 2.92. The number of aromatic amines is 1. The molecule has 2 rings (SSSR count). The van der Waals surface area contributed by atoms with E-state index in [4.69, 9.17) is 35.4 Å². The Kier molecular flexibility index (Phi) is 4.17. The van der Waals surface area contributed by atoms with Gasteiger partial charge in [0.15, 0.2) is 4.77 Å². The van der Waals surface area contributed by atoms with Gasteiger partial charge in [0, 0.05) is 21.8 Å². The fourth-order valence-corrected chi connectivity index (χ4v) is 3.52. The van der Waals surface area contributed by atoms with Crippen molar-refractivity contribution in [3.8, 4) is 5.69 Å². The number of halogens is 3. The van der Waals surface area contributed by atoms with Crippen LogP contribution in [0.3, 0.4) is 0 Å². The average molecular weight is 380 g/mol. The van der Waals surface area contributed by atoms with Crippen molar-refractivity contribution in [2.45, 2.75) is 26.2 Å². The highest BCUT2D eigenvalue weighted by atomic mass is 79.9. The van der Waals surface area contributed by atoms with Crippen molar-refractivity contribution >= 4 is 51.3 Å². The molecule has 2 nitrogen and oxygen atoms in total. The molecule has 0 aliphatic carbocycles. The molecule has 1 N–H and O–H groups in total. The van der Waals surface area contributed by atoms with E-state index in [1.165, 1.54) is 0 Å². The van der Waals surface area contributed by atoms with Crippen molar-refractivity contribution in [3.63, 3.8) is 0 Å². The van der Waals surface area contributed by atoms with Gasteiger partial charge in [-0.3, -0.25) is 4.57 Å². The predicted molar refractivity (Wildman–Crippen MR) is 87.4 cm³/mol. The van der Waals surface area contributed by atoms with Crippen molar-refractivity contribution < 1.29 is 0 Å². The minimum Gasteiger partial charge on any atom is -0.337 e. The van der Waals surface area contributed by atoms with Gasteiger partial charge in [-0.2, -0.15) is 0 Å². The van der Waals surface area contributed by atoms with Gasteiger partial charge in [-0.1, -0.05) is 59.9 Å². The molecule has 2 aromatic rings. The number of nitrogens with one attached hydrogen (secondary N) is 1. The summed E-state index contributed by atoms with van der Waals surface area (Å²) in [5, 5.41) is 1.11.